The highest BCUT2D eigenvalue weighted by Crippen LogP contribution is 2.85. The Balaban J connectivity index is 1.81. The minimum Gasteiger partial charge on any atom is -0.469 e. The molecule has 0 heterocycles. The SMILES string of the molecule is C=C1CC[C@@H]2C[C@@H]3[C@H]1CC[C@@]31C[C@@]21C(=O)OC. The van der Waals surface area contributed by atoms with Crippen molar-refractivity contribution in [1.29, 1.82) is 0 Å². The zero-order valence-corrected chi connectivity index (χ0v) is 10.5. The van der Waals surface area contributed by atoms with E-state index in [1.54, 1.807) is 7.11 Å². The molecule has 17 heavy (non-hydrogen) atoms. The van der Waals surface area contributed by atoms with Crippen molar-refractivity contribution in [3.8, 4) is 0 Å². The highest BCUT2D eigenvalue weighted by molar-refractivity contribution is 5.83. The predicted octanol–water partition coefficient (Wildman–Crippen LogP) is 2.93. The maximum atomic E-state index is 12.3. The largest absolute Gasteiger partial charge is 0.469 e. The average molecular weight is 232 g/mol. The summed E-state index contributed by atoms with van der Waals surface area (Å²) in [5.74, 6) is 2.15. The van der Waals surface area contributed by atoms with Crippen LogP contribution in [-0.2, 0) is 9.53 Å². The molecule has 0 aliphatic heterocycles. The lowest BCUT2D eigenvalue weighted by Gasteiger charge is -2.23. The zero-order chi connectivity index (χ0) is 11.8. The van der Waals surface area contributed by atoms with E-state index in [2.05, 4.69) is 6.58 Å². The highest BCUT2D eigenvalue weighted by atomic mass is 16.5. The number of carbonyl (C=O) groups excluding carboxylic acids is 1. The molecular formula is C15H20O2. The molecule has 4 fully saturated rings. The molecule has 0 N–H and O–H groups in total. The fraction of sp³-hybridized carbons (Fsp3) is 0.800. The molecule has 0 aromatic rings. The normalized spacial score (nSPS) is 54.2. The van der Waals surface area contributed by atoms with Crippen molar-refractivity contribution in [3.05, 3.63) is 12.2 Å². The lowest BCUT2D eigenvalue weighted by atomic mass is 9.81. The molecule has 2 heteroatoms. The Hall–Kier alpha value is -0.790. The fourth-order valence-electron chi connectivity index (χ4n) is 5.88. The molecule has 4 aliphatic rings. The van der Waals surface area contributed by atoms with Crippen LogP contribution < -0.4 is 0 Å². The summed E-state index contributed by atoms with van der Waals surface area (Å²) in [4.78, 5) is 12.3. The summed E-state index contributed by atoms with van der Waals surface area (Å²) >= 11 is 0. The molecule has 2 nitrogen and oxygen atoms in total. The second-order valence-electron chi connectivity index (χ2n) is 6.68. The lowest BCUT2D eigenvalue weighted by Crippen LogP contribution is -2.28. The van der Waals surface area contributed by atoms with E-state index in [4.69, 9.17) is 4.74 Å². The molecule has 92 valence electrons. The first-order valence-corrected chi connectivity index (χ1v) is 6.92. The van der Waals surface area contributed by atoms with Crippen molar-refractivity contribution in [3.63, 3.8) is 0 Å². The van der Waals surface area contributed by atoms with Crippen LogP contribution >= 0.6 is 0 Å². The molecule has 4 saturated carbocycles. The lowest BCUT2D eigenvalue weighted by molar-refractivity contribution is -0.150. The summed E-state index contributed by atoms with van der Waals surface area (Å²) in [6.07, 6.45) is 7.20. The van der Waals surface area contributed by atoms with Gasteiger partial charge < -0.3 is 4.74 Å². The van der Waals surface area contributed by atoms with E-state index < -0.39 is 0 Å². The van der Waals surface area contributed by atoms with Crippen LogP contribution in [0.1, 0.15) is 38.5 Å². The minimum atomic E-state index is -0.0676. The van der Waals surface area contributed by atoms with Crippen LogP contribution in [0.2, 0.25) is 0 Å². The number of ether oxygens (including phenoxy) is 1. The van der Waals surface area contributed by atoms with E-state index in [0.717, 1.165) is 18.8 Å². The van der Waals surface area contributed by atoms with E-state index in [9.17, 15) is 4.79 Å². The minimum absolute atomic E-state index is 0.0676. The number of carbonyl (C=O) groups is 1. The first-order chi connectivity index (χ1) is 8.15. The molecule has 0 radical (unpaired) electrons. The third kappa shape index (κ3) is 0.871. The molecule has 2 bridgehead atoms. The molecule has 1 spiro atoms. The molecule has 0 amide bonds. The van der Waals surface area contributed by atoms with Gasteiger partial charge in [0.2, 0.25) is 0 Å². The van der Waals surface area contributed by atoms with Gasteiger partial charge in [0.25, 0.3) is 0 Å². The van der Waals surface area contributed by atoms with E-state index in [1.807, 2.05) is 0 Å². The van der Waals surface area contributed by atoms with Crippen molar-refractivity contribution in [1.82, 2.24) is 0 Å². The number of hydrogen-bond acceptors (Lipinski definition) is 2. The first kappa shape index (κ1) is 10.2. The summed E-state index contributed by atoms with van der Waals surface area (Å²) in [6, 6.07) is 0. The van der Waals surface area contributed by atoms with E-state index in [0.29, 0.717) is 17.3 Å². The summed E-state index contributed by atoms with van der Waals surface area (Å²) in [7, 11) is 1.56. The van der Waals surface area contributed by atoms with Crippen LogP contribution in [0.25, 0.3) is 0 Å². The van der Waals surface area contributed by atoms with Gasteiger partial charge in [-0.05, 0) is 61.7 Å². The maximum Gasteiger partial charge on any atom is 0.312 e. The van der Waals surface area contributed by atoms with Gasteiger partial charge in [0, 0.05) is 0 Å². The van der Waals surface area contributed by atoms with Crippen LogP contribution in [0.3, 0.4) is 0 Å². The molecule has 0 aromatic heterocycles. The van der Waals surface area contributed by atoms with Gasteiger partial charge in [-0.25, -0.2) is 0 Å². The number of fused-ring (bicyclic) bond motifs is 2. The van der Waals surface area contributed by atoms with Crippen molar-refractivity contribution in [2.45, 2.75) is 38.5 Å². The molecule has 0 unspecified atom stereocenters. The van der Waals surface area contributed by atoms with E-state index >= 15 is 0 Å². The maximum absolute atomic E-state index is 12.3. The van der Waals surface area contributed by atoms with Gasteiger partial charge in [0.15, 0.2) is 0 Å². The average Bonchev–Trinajstić information content (AvgIpc) is 2.78. The van der Waals surface area contributed by atoms with Crippen LogP contribution in [-0.4, -0.2) is 13.1 Å². The van der Waals surface area contributed by atoms with Gasteiger partial charge >= 0.3 is 5.97 Å². The number of esters is 1. The van der Waals surface area contributed by atoms with E-state index in [1.165, 1.54) is 31.3 Å². The Morgan fingerprint density at radius 3 is 3.06 bits per heavy atom. The first-order valence-electron chi connectivity index (χ1n) is 6.92. The number of hydrogen-bond donors (Lipinski definition) is 0. The van der Waals surface area contributed by atoms with Crippen LogP contribution in [0, 0.1) is 28.6 Å². The monoisotopic (exact) mass is 232 g/mol. The number of allylic oxidation sites excluding steroid dienone is 1. The Morgan fingerprint density at radius 2 is 2.29 bits per heavy atom. The molecule has 4 rings (SSSR count). The topological polar surface area (TPSA) is 26.3 Å². The summed E-state index contributed by atoms with van der Waals surface area (Å²) in [5, 5.41) is 0. The second-order valence-corrected chi connectivity index (χ2v) is 6.68. The standard InChI is InChI=1S/C15H20O2/c1-9-3-4-10-7-12-11(9)5-6-14(12)8-15(10,14)13(16)17-2/h10-12H,1,3-8H2,2H3/t10-,11+,12-,14-,15+/m1/s1. The van der Waals surface area contributed by atoms with Crippen LogP contribution in [0.5, 0.6) is 0 Å². The Morgan fingerprint density at radius 1 is 1.47 bits per heavy atom. The van der Waals surface area contributed by atoms with Gasteiger partial charge in [-0.1, -0.05) is 12.2 Å². The third-order valence-electron chi connectivity index (χ3n) is 6.58. The van der Waals surface area contributed by atoms with Crippen molar-refractivity contribution in [2.24, 2.45) is 28.6 Å². The summed E-state index contributed by atoms with van der Waals surface area (Å²) in [6.45, 7) is 4.29. The quantitative estimate of drug-likeness (QED) is 0.513. The number of rotatable bonds is 1. The molecular weight excluding hydrogens is 212 g/mol. The summed E-state index contributed by atoms with van der Waals surface area (Å²) < 4.78 is 5.14. The van der Waals surface area contributed by atoms with Crippen molar-refractivity contribution >= 4 is 5.97 Å². The zero-order valence-electron chi connectivity index (χ0n) is 10.5. The summed E-state index contributed by atoms with van der Waals surface area (Å²) in [5.41, 5.74) is 1.74. The van der Waals surface area contributed by atoms with Gasteiger partial charge in [-0.2, -0.15) is 0 Å². The molecule has 5 atom stereocenters. The van der Waals surface area contributed by atoms with Crippen molar-refractivity contribution < 1.29 is 9.53 Å². The molecule has 4 aliphatic carbocycles. The third-order valence-corrected chi connectivity index (χ3v) is 6.58. The highest BCUT2D eigenvalue weighted by Gasteiger charge is 2.84. The molecule has 0 saturated heterocycles. The Kier molecular flexibility index (Phi) is 1.66. The van der Waals surface area contributed by atoms with Gasteiger partial charge in [0.05, 0.1) is 12.5 Å². The van der Waals surface area contributed by atoms with Crippen LogP contribution in [0.4, 0.5) is 0 Å². The van der Waals surface area contributed by atoms with E-state index in [-0.39, 0.29) is 11.4 Å². The fourth-order valence-corrected chi connectivity index (χ4v) is 5.88. The smallest absolute Gasteiger partial charge is 0.312 e. The molecule has 0 aromatic carbocycles. The van der Waals surface area contributed by atoms with Gasteiger partial charge in [0.1, 0.15) is 0 Å². The van der Waals surface area contributed by atoms with Crippen molar-refractivity contribution in [2.75, 3.05) is 7.11 Å². The number of methoxy groups -OCH3 is 1. The second kappa shape index (κ2) is 2.78. The Bertz CT molecular complexity index is 427. The predicted molar refractivity (Wildman–Crippen MR) is 64.2 cm³/mol. The Labute approximate surface area is 102 Å². The van der Waals surface area contributed by atoms with Crippen LogP contribution in [0.15, 0.2) is 12.2 Å². The van der Waals surface area contributed by atoms with Gasteiger partial charge in [-0.15, -0.1) is 0 Å². The van der Waals surface area contributed by atoms with Gasteiger partial charge in [-0.3, -0.25) is 4.79 Å².